The van der Waals surface area contributed by atoms with E-state index in [2.05, 4.69) is 15.6 Å². The van der Waals surface area contributed by atoms with E-state index in [4.69, 9.17) is 30.5 Å². The molecule has 1 aromatic heterocycles. The van der Waals surface area contributed by atoms with Gasteiger partial charge in [0.2, 0.25) is 12.7 Å². The van der Waals surface area contributed by atoms with E-state index in [9.17, 15) is 9.59 Å². The fourth-order valence-electron chi connectivity index (χ4n) is 5.02. The van der Waals surface area contributed by atoms with Gasteiger partial charge in [-0.3, -0.25) is 9.59 Å². The average molecular weight is 614 g/mol. The molecule has 6 rings (SSSR count). The smallest absolute Gasteiger partial charge is 0.251 e. The monoisotopic (exact) mass is 613 g/mol. The Balaban J connectivity index is 1.42. The van der Waals surface area contributed by atoms with E-state index in [-0.39, 0.29) is 25.8 Å². The Bertz CT molecular complexity index is 1830. The highest BCUT2D eigenvalue weighted by Crippen LogP contribution is 2.37. The van der Waals surface area contributed by atoms with Gasteiger partial charge < -0.3 is 29.2 Å². The van der Waals surface area contributed by atoms with Crippen molar-refractivity contribution in [1.29, 1.82) is 0 Å². The van der Waals surface area contributed by atoms with Crippen LogP contribution in [-0.4, -0.2) is 52.7 Å². The minimum atomic E-state index is -1.10. The van der Waals surface area contributed by atoms with Crippen molar-refractivity contribution in [2.75, 3.05) is 26.3 Å². The van der Waals surface area contributed by atoms with Crippen molar-refractivity contribution < 1.29 is 28.5 Å². The zero-order chi connectivity index (χ0) is 30.6. The summed E-state index contributed by atoms with van der Waals surface area (Å²) in [5.41, 5.74) is 3.04. The summed E-state index contributed by atoms with van der Waals surface area (Å²) in [5, 5.41) is 11.9. The first-order chi connectivity index (χ1) is 21.4. The molecule has 2 heterocycles. The van der Waals surface area contributed by atoms with Crippen LogP contribution in [0.5, 0.6) is 23.0 Å². The van der Waals surface area contributed by atoms with Crippen molar-refractivity contribution in [3.8, 4) is 23.0 Å². The molecule has 0 aliphatic carbocycles. The summed E-state index contributed by atoms with van der Waals surface area (Å²) in [7, 11) is 3.04. The van der Waals surface area contributed by atoms with Gasteiger partial charge in [-0.25, -0.2) is 4.68 Å². The fraction of sp³-hybridized carbons (Fsp3) is 0.188. The van der Waals surface area contributed by atoms with Crippen LogP contribution >= 0.6 is 11.6 Å². The summed E-state index contributed by atoms with van der Waals surface area (Å²) >= 11 is 6.15. The molecule has 0 fully saturated rings. The number of hydrogen-bond acceptors (Lipinski definition) is 8. The summed E-state index contributed by atoms with van der Waals surface area (Å²) in [6, 6.07) is 23.6. The predicted octanol–water partition coefficient (Wildman–Crippen LogP) is 5.24. The standard InChI is InChI=1S/C32H28ClN5O6/c1-41-23-12-13-25(28(16-23)42-2)34-32(40)31(21-9-14-27-29(15-21)44-19-43-27)37(17-20-7-10-22(33)11-8-20)30(39)18-38-26-6-4-3-5-24(26)35-36-38/h3-16,31H,17-19H2,1-2H3,(H,34,40). The quantitative estimate of drug-likeness (QED) is 0.227. The number of halogens is 1. The van der Waals surface area contributed by atoms with Gasteiger partial charge in [0.05, 0.1) is 25.4 Å². The van der Waals surface area contributed by atoms with Gasteiger partial charge in [-0.2, -0.15) is 0 Å². The van der Waals surface area contributed by atoms with Gasteiger partial charge in [0, 0.05) is 17.6 Å². The molecule has 5 aromatic rings. The third-order valence-corrected chi connectivity index (χ3v) is 7.48. The molecule has 12 heteroatoms. The van der Waals surface area contributed by atoms with Gasteiger partial charge in [-0.1, -0.05) is 47.1 Å². The molecule has 224 valence electrons. The Morgan fingerprint density at radius 3 is 2.57 bits per heavy atom. The van der Waals surface area contributed by atoms with Crippen molar-refractivity contribution in [3.05, 3.63) is 101 Å². The second-order valence-corrected chi connectivity index (χ2v) is 10.4. The highest BCUT2D eigenvalue weighted by molar-refractivity contribution is 6.30. The lowest BCUT2D eigenvalue weighted by molar-refractivity contribution is -0.140. The number of ether oxygens (including phenoxy) is 4. The number of para-hydroxylation sites is 1. The Morgan fingerprint density at radius 2 is 1.77 bits per heavy atom. The Morgan fingerprint density at radius 1 is 0.977 bits per heavy atom. The van der Waals surface area contributed by atoms with Gasteiger partial charge in [0.15, 0.2) is 11.5 Å². The van der Waals surface area contributed by atoms with Gasteiger partial charge in [-0.15, -0.1) is 5.10 Å². The number of amides is 2. The van der Waals surface area contributed by atoms with Crippen LogP contribution in [0.3, 0.4) is 0 Å². The Hall–Kier alpha value is -5.29. The molecule has 1 aliphatic heterocycles. The SMILES string of the molecule is COc1ccc(NC(=O)C(c2ccc3c(c2)OCO3)N(Cc2ccc(Cl)cc2)C(=O)Cn2nnc3ccccc32)c(OC)c1. The van der Waals surface area contributed by atoms with Crippen LogP contribution in [0.25, 0.3) is 11.0 Å². The van der Waals surface area contributed by atoms with Crippen molar-refractivity contribution in [2.45, 2.75) is 19.1 Å². The van der Waals surface area contributed by atoms with Gasteiger partial charge >= 0.3 is 0 Å². The average Bonchev–Trinajstić information content (AvgIpc) is 3.68. The lowest BCUT2D eigenvalue weighted by Crippen LogP contribution is -2.42. The molecule has 0 bridgehead atoms. The van der Waals surface area contributed by atoms with Gasteiger partial charge in [0.1, 0.15) is 29.6 Å². The van der Waals surface area contributed by atoms with E-state index in [0.29, 0.717) is 50.3 Å². The molecule has 1 aliphatic rings. The summed E-state index contributed by atoms with van der Waals surface area (Å²) in [6.07, 6.45) is 0. The first-order valence-corrected chi connectivity index (χ1v) is 14.1. The molecule has 1 N–H and O–H groups in total. The number of nitrogens with zero attached hydrogens (tertiary/aromatic N) is 4. The van der Waals surface area contributed by atoms with Crippen molar-refractivity contribution in [2.24, 2.45) is 0 Å². The number of carbonyl (C=O) groups excluding carboxylic acids is 2. The normalized spacial score (nSPS) is 12.5. The Labute approximate surface area is 257 Å². The molecular weight excluding hydrogens is 586 g/mol. The molecule has 2 amide bonds. The zero-order valence-electron chi connectivity index (χ0n) is 23.9. The molecule has 0 saturated carbocycles. The molecular formula is C32H28ClN5O6. The molecule has 1 unspecified atom stereocenters. The number of benzene rings is 4. The van der Waals surface area contributed by atoms with Crippen molar-refractivity contribution in [3.63, 3.8) is 0 Å². The van der Waals surface area contributed by atoms with E-state index in [1.165, 1.54) is 16.7 Å². The number of hydrogen-bond donors (Lipinski definition) is 1. The number of aromatic nitrogens is 3. The Kier molecular flexibility index (Phi) is 8.20. The highest BCUT2D eigenvalue weighted by atomic mass is 35.5. The second kappa shape index (κ2) is 12.5. The van der Waals surface area contributed by atoms with Gasteiger partial charge in [0.25, 0.3) is 5.91 Å². The third-order valence-electron chi connectivity index (χ3n) is 7.23. The lowest BCUT2D eigenvalue weighted by Gasteiger charge is -2.32. The van der Waals surface area contributed by atoms with E-state index < -0.39 is 11.9 Å². The second-order valence-electron chi connectivity index (χ2n) is 9.95. The summed E-state index contributed by atoms with van der Waals surface area (Å²) in [6.45, 7) is -0.00527. The maximum absolute atomic E-state index is 14.3. The van der Waals surface area contributed by atoms with Crippen LogP contribution in [0, 0.1) is 0 Å². The molecule has 0 radical (unpaired) electrons. The van der Waals surface area contributed by atoms with E-state index in [0.717, 1.165) is 5.56 Å². The van der Waals surface area contributed by atoms with E-state index in [1.807, 2.05) is 36.4 Å². The highest BCUT2D eigenvalue weighted by Gasteiger charge is 2.34. The topological polar surface area (TPSA) is 117 Å². The summed E-state index contributed by atoms with van der Waals surface area (Å²) < 4.78 is 23.5. The maximum Gasteiger partial charge on any atom is 0.251 e. The van der Waals surface area contributed by atoms with Crippen LogP contribution < -0.4 is 24.3 Å². The van der Waals surface area contributed by atoms with Crippen LogP contribution in [0.1, 0.15) is 17.2 Å². The number of anilines is 1. The first kappa shape index (κ1) is 28.8. The molecule has 4 aromatic carbocycles. The molecule has 0 spiro atoms. The minimum absolute atomic E-state index is 0.0610. The number of methoxy groups -OCH3 is 2. The number of fused-ring (bicyclic) bond motifs is 2. The van der Waals surface area contributed by atoms with E-state index >= 15 is 0 Å². The largest absolute Gasteiger partial charge is 0.497 e. The van der Waals surface area contributed by atoms with Crippen LogP contribution in [0.15, 0.2) is 84.9 Å². The first-order valence-electron chi connectivity index (χ1n) is 13.7. The van der Waals surface area contributed by atoms with Crippen LogP contribution in [-0.2, 0) is 22.7 Å². The molecule has 44 heavy (non-hydrogen) atoms. The molecule has 0 saturated heterocycles. The number of carbonyl (C=O) groups is 2. The maximum atomic E-state index is 14.3. The third kappa shape index (κ3) is 5.95. The van der Waals surface area contributed by atoms with Crippen LogP contribution in [0.4, 0.5) is 5.69 Å². The minimum Gasteiger partial charge on any atom is -0.497 e. The molecule has 1 atom stereocenters. The van der Waals surface area contributed by atoms with Crippen molar-refractivity contribution >= 4 is 40.1 Å². The predicted molar refractivity (Wildman–Crippen MR) is 163 cm³/mol. The number of nitrogens with one attached hydrogen (secondary N) is 1. The van der Waals surface area contributed by atoms with E-state index in [1.54, 1.807) is 55.6 Å². The van der Waals surface area contributed by atoms with Gasteiger partial charge in [-0.05, 0) is 59.7 Å². The van der Waals surface area contributed by atoms with Crippen LogP contribution in [0.2, 0.25) is 5.02 Å². The summed E-state index contributed by atoms with van der Waals surface area (Å²) in [4.78, 5) is 30.1. The lowest BCUT2D eigenvalue weighted by atomic mass is 10.0. The zero-order valence-corrected chi connectivity index (χ0v) is 24.7. The number of rotatable bonds is 10. The fourth-order valence-corrected chi connectivity index (χ4v) is 5.15. The summed E-state index contributed by atoms with van der Waals surface area (Å²) in [5.74, 6) is 1.14. The molecule has 11 nitrogen and oxygen atoms in total. The van der Waals surface area contributed by atoms with Crippen molar-refractivity contribution in [1.82, 2.24) is 19.9 Å².